The molecule has 0 aliphatic rings. The fourth-order valence-electron chi connectivity index (χ4n) is 3.50. The molecule has 0 atom stereocenters. The summed E-state index contributed by atoms with van der Waals surface area (Å²) >= 11 is 1.41. The summed E-state index contributed by atoms with van der Waals surface area (Å²) < 4.78 is 24.0. The number of methoxy groups -OCH3 is 2. The number of thiophene rings is 1. The molecule has 0 unspecified atom stereocenters. The molecule has 0 saturated heterocycles. The van der Waals surface area contributed by atoms with Crippen LogP contribution in [0, 0.1) is 5.82 Å². The molecule has 6 nitrogen and oxygen atoms in total. The second-order valence-electron chi connectivity index (χ2n) is 7.20. The van der Waals surface area contributed by atoms with Gasteiger partial charge in [-0.2, -0.15) is 0 Å². The quantitative estimate of drug-likeness (QED) is 0.461. The highest BCUT2D eigenvalue weighted by atomic mass is 32.1. The van der Waals surface area contributed by atoms with E-state index in [4.69, 9.17) is 9.47 Å². The Kier molecular flexibility index (Phi) is 6.01. The summed E-state index contributed by atoms with van der Waals surface area (Å²) in [6, 6.07) is 11.8. The van der Waals surface area contributed by atoms with Crippen LogP contribution in [0.2, 0.25) is 0 Å². The molecular formula is C23H22FN3O3S. The minimum atomic E-state index is -0.311. The summed E-state index contributed by atoms with van der Waals surface area (Å²) in [6.07, 6.45) is 0. The number of nitrogens with one attached hydrogen (secondary N) is 1. The van der Waals surface area contributed by atoms with Gasteiger partial charge < -0.3 is 14.5 Å². The van der Waals surface area contributed by atoms with Crippen LogP contribution in [0.15, 0.2) is 52.6 Å². The second kappa shape index (κ2) is 8.87. The number of aromatic nitrogens is 2. The third kappa shape index (κ3) is 4.45. The monoisotopic (exact) mass is 439 g/mol. The van der Waals surface area contributed by atoms with E-state index in [2.05, 4.69) is 9.97 Å². The zero-order valence-electron chi connectivity index (χ0n) is 17.4. The van der Waals surface area contributed by atoms with Gasteiger partial charge >= 0.3 is 0 Å². The molecule has 4 rings (SSSR count). The van der Waals surface area contributed by atoms with E-state index in [1.165, 1.54) is 23.5 Å². The van der Waals surface area contributed by atoms with Crippen molar-refractivity contribution in [1.29, 1.82) is 0 Å². The van der Waals surface area contributed by atoms with Crippen molar-refractivity contribution in [3.05, 3.63) is 75.4 Å². The molecule has 1 N–H and O–H groups in total. The standard InChI is InChI=1S/C23H22FN3O3S/c1-27(11-15-6-9-17(29-2)10-19(15)30-3)12-20-25-22(28)21-18(13-31-23(21)26-20)14-4-7-16(24)8-5-14/h4-10,13H,11-12H2,1-3H3,(H,25,26,28). The van der Waals surface area contributed by atoms with E-state index < -0.39 is 0 Å². The van der Waals surface area contributed by atoms with Crippen molar-refractivity contribution in [3.8, 4) is 22.6 Å². The van der Waals surface area contributed by atoms with E-state index in [0.717, 1.165) is 28.2 Å². The van der Waals surface area contributed by atoms with Crippen molar-refractivity contribution < 1.29 is 13.9 Å². The minimum Gasteiger partial charge on any atom is -0.497 e. The van der Waals surface area contributed by atoms with Crippen LogP contribution in [0.4, 0.5) is 4.39 Å². The lowest BCUT2D eigenvalue weighted by Gasteiger charge is -2.18. The highest BCUT2D eigenvalue weighted by molar-refractivity contribution is 7.17. The van der Waals surface area contributed by atoms with Crippen molar-refractivity contribution in [2.45, 2.75) is 13.1 Å². The lowest BCUT2D eigenvalue weighted by molar-refractivity contribution is 0.302. The maximum Gasteiger partial charge on any atom is 0.260 e. The Balaban J connectivity index is 1.57. The van der Waals surface area contributed by atoms with Crippen molar-refractivity contribution in [2.24, 2.45) is 0 Å². The molecule has 4 aromatic rings. The Hall–Kier alpha value is -3.23. The fraction of sp³-hybridized carbons (Fsp3) is 0.217. The summed E-state index contributed by atoms with van der Waals surface area (Å²) in [5.74, 6) is 1.74. The third-order valence-electron chi connectivity index (χ3n) is 5.00. The number of hydrogen-bond acceptors (Lipinski definition) is 6. The van der Waals surface area contributed by atoms with Crippen molar-refractivity contribution >= 4 is 21.6 Å². The zero-order chi connectivity index (χ0) is 22.0. The molecule has 0 amide bonds. The van der Waals surface area contributed by atoms with Crippen molar-refractivity contribution in [3.63, 3.8) is 0 Å². The van der Waals surface area contributed by atoms with Crippen LogP contribution in [0.3, 0.4) is 0 Å². The van der Waals surface area contributed by atoms with Crippen LogP contribution in [0.1, 0.15) is 11.4 Å². The third-order valence-corrected chi connectivity index (χ3v) is 5.87. The predicted molar refractivity (Wildman–Crippen MR) is 120 cm³/mol. The van der Waals surface area contributed by atoms with Gasteiger partial charge in [-0.3, -0.25) is 9.69 Å². The average Bonchev–Trinajstić information content (AvgIpc) is 3.19. The van der Waals surface area contributed by atoms with E-state index in [9.17, 15) is 9.18 Å². The molecule has 0 aliphatic heterocycles. The van der Waals surface area contributed by atoms with Gasteiger partial charge in [-0.25, -0.2) is 9.37 Å². The van der Waals surface area contributed by atoms with Gasteiger partial charge in [0.25, 0.3) is 5.56 Å². The lowest BCUT2D eigenvalue weighted by atomic mass is 10.1. The molecule has 2 aromatic carbocycles. The minimum absolute atomic E-state index is 0.198. The number of benzene rings is 2. The number of rotatable bonds is 7. The van der Waals surface area contributed by atoms with Gasteiger partial charge in [-0.1, -0.05) is 18.2 Å². The number of fused-ring (bicyclic) bond motifs is 1. The molecule has 0 radical (unpaired) electrons. The van der Waals surface area contributed by atoms with E-state index in [0.29, 0.717) is 29.1 Å². The largest absolute Gasteiger partial charge is 0.497 e. The first-order valence-electron chi connectivity index (χ1n) is 9.64. The maximum atomic E-state index is 13.2. The number of halogens is 1. The molecule has 0 spiro atoms. The summed E-state index contributed by atoms with van der Waals surface area (Å²) in [5, 5.41) is 2.41. The van der Waals surface area contributed by atoms with Gasteiger partial charge in [0.15, 0.2) is 0 Å². The summed E-state index contributed by atoms with van der Waals surface area (Å²) in [5.41, 5.74) is 2.35. The first kappa shape index (κ1) is 21.0. The molecule has 0 bridgehead atoms. The maximum absolute atomic E-state index is 13.2. The highest BCUT2D eigenvalue weighted by Gasteiger charge is 2.15. The molecule has 0 aliphatic carbocycles. The Morgan fingerprint density at radius 1 is 1.10 bits per heavy atom. The number of aromatic amines is 1. The zero-order valence-corrected chi connectivity index (χ0v) is 18.3. The molecule has 31 heavy (non-hydrogen) atoms. The van der Waals surface area contributed by atoms with Gasteiger partial charge in [-0.05, 0) is 30.8 Å². The Bertz CT molecular complexity index is 1270. The van der Waals surface area contributed by atoms with Crippen LogP contribution in [-0.2, 0) is 13.1 Å². The predicted octanol–water partition coefficient (Wildman–Crippen LogP) is 4.44. The van der Waals surface area contributed by atoms with Gasteiger partial charge in [0, 0.05) is 29.1 Å². The Morgan fingerprint density at radius 2 is 1.87 bits per heavy atom. The lowest BCUT2D eigenvalue weighted by Crippen LogP contribution is -2.22. The van der Waals surface area contributed by atoms with E-state index >= 15 is 0 Å². The molecule has 2 heterocycles. The second-order valence-corrected chi connectivity index (χ2v) is 8.06. The number of hydrogen-bond donors (Lipinski definition) is 1. The van der Waals surface area contributed by atoms with Crippen LogP contribution in [-0.4, -0.2) is 36.1 Å². The van der Waals surface area contributed by atoms with Gasteiger partial charge in [0.05, 0.1) is 26.2 Å². The Labute approximate surface area is 182 Å². The van der Waals surface area contributed by atoms with Gasteiger partial charge in [-0.15, -0.1) is 11.3 Å². The van der Waals surface area contributed by atoms with Gasteiger partial charge in [0.1, 0.15) is 28.0 Å². The first-order chi connectivity index (χ1) is 15.0. The van der Waals surface area contributed by atoms with Crippen LogP contribution < -0.4 is 15.0 Å². The van der Waals surface area contributed by atoms with Crippen LogP contribution in [0.5, 0.6) is 11.5 Å². The topological polar surface area (TPSA) is 67.5 Å². The van der Waals surface area contributed by atoms with Crippen LogP contribution >= 0.6 is 11.3 Å². The molecule has 8 heteroatoms. The number of nitrogens with zero attached hydrogens (tertiary/aromatic N) is 2. The number of H-pyrrole nitrogens is 1. The van der Waals surface area contributed by atoms with Crippen molar-refractivity contribution in [1.82, 2.24) is 14.9 Å². The smallest absolute Gasteiger partial charge is 0.260 e. The molecular weight excluding hydrogens is 417 g/mol. The first-order valence-corrected chi connectivity index (χ1v) is 10.5. The molecule has 0 fully saturated rings. The summed E-state index contributed by atoms with van der Waals surface area (Å²) in [6.45, 7) is 1.07. The van der Waals surface area contributed by atoms with E-state index in [1.54, 1.807) is 26.4 Å². The molecule has 160 valence electrons. The van der Waals surface area contributed by atoms with Crippen LogP contribution in [0.25, 0.3) is 21.3 Å². The van der Waals surface area contributed by atoms with E-state index in [1.807, 2.05) is 35.5 Å². The van der Waals surface area contributed by atoms with Crippen molar-refractivity contribution in [2.75, 3.05) is 21.3 Å². The Morgan fingerprint density at radius 3 is 2.58 bits per heavy atom. The van der Waals surface area contributed by atoms with Gasteiger partial charge in [0.2, 0.25) is 0 Å². The highest BCUT2D eigenvalue weighted by Crippen LogP contribution is 2.31. The van der Waals surface area contributed by atoms with E-state index in [-0.39, 0.29) is 11.4 Å². The molecule has 2 aromatic heterocycles. The fourth-order valence-corrected chi connectivity index (χ4v) is 4.46. The normalized spacial score (nSPS) is 11.3. The molecule has 0 saturated carbocycles. The summed E-state index contributed by atoms with van der Waals surface area (Å²) in [7, 11) is 5.19. The SMILES string of the molecule is COc1ccc(CN(C)Cc2nc3scc(-c4ccc(F)cc4)c3c(=O)[nH]2)c(OC)c1. The average molecular weight is 440 g/mol. The number of ether oxygens (including phenoxy) is 2. The summed E-state index contributed by atoms with van der Waals surface area (Å²) in [4.78, 5) is 23.1.